The topological polar surface area (TPSA) is 157 Å². The van der Waals surface area contributed by atoms with Gasteiger partial charge in [-0.1, -0.05) is 114 Å². The second-order valence-corrected chi connectivity index (χ2v) is 19.7. The molecule has 4 heterocycles. The van der Waals surface area contributed by atoms with Gasteiger partial charge >= 0.3 is 12.1 Å². The van der Waals surface area contributed by atoms with Crippen LogP contribution in [0.25, 0.3) is 33.8 Å². The third-order valence-corrected chi connectivity index (χ3v) is 12.5. The van der Waals surface area contributed by atoms with Gasteiger partial charge in [0.15, 0.2) is 0 Å². The third kappa shape index (κ3) is 10.9. The quantitative estimate of drug-likeness (QED) is 0.117. The zero-order valence-corrected chi connectivity index (χ0v) is 39.0. The number of thiazole rings is 1. The highest BCUT2D eigenvalue weighted by Gasteiger charge is 2.40. The van der Waals surface area contributed by atoms with E-state index in [0.717, 1.165) is 57.8 Å². The molecule has 0 unspecified atom stereocenters. The molecule has 0 radical (unpaired) electrons. The van der Waals surface area contributed by atoms with Gasteiger partial charge in [0.1, 0.15) is 28.3 Å². The predicted octanol–water partition coefficient (Wildman–Crippen LogP) is 10.6. The smallest absolute Gasteiger partial charge is 0.408 e. The number of carbonyl (C=O) groups excluding carboxylic acids is 4. The molecule has 4 atom stereocenters. The minimum Gasteiger partial charge on any atom is -0.460 e. The van der Waals surface area contributed by atoms with Gasteiger partial charge in [-0.2, -0.15) is 4.98 Å². The van der Waals surface area contributed by atoms with Crippen LogP contribution in [0.3, 0.4) is 0 Å². The minimum absolute atomic E-state index is 0.0303. The van der Waals surface area contributed by atoms with Crippen molar-refractivity contribution in [2.45, 2.75) is 109 Å². The van der Waals surface area contributed by atoms with E-state index in [2.05, 4.69) is 34.7 Å². The molecule has 8 rings (SSSR count). The molecular weight excluding hydrogens is 853 g/mol. The Morgan fingerprint density at radius 1 is 0.682 bits per heavy atom. The normalized spacial score (nSPS) is 17.3. The fourth-order valence-corrected chi connectivity index (χ4v) is 9.56. The van der Waals surface area contributed by atoms with E-state index in [1.165, 1.54) is 0 Å². The highest BCUT2D eigenvalue weighted by molar-refractivity contribution is 7.10. The van der Waals surface area contributed by atoms with Crippen molar-refractivity contribution in [1.29, 1.82) is 0 Å². The zero-order chi connectivity index (χ0) is 46.6. The van der Waals surface area contributed by atoms with E-state index >= 15 is 0 Å². The first-order valence-corrected chi connectivity index (χ1v) is 23.4. The van der Waals surface area contributed by atoms with E-state index in [1.807, 2.05) is 104 Å². The van der Waals surface area contributed by atoms with Crippen LogP contribution in [-0.4, -0.2) is 73.1 Å². The number of nitrogens with one attached hydrogen (secondary N) is 1. The number of alkyl carbamates (subject to hydrolysis) is 1. The van der Waals surface area contributed by atoms with E-state index in [4.69, 9.17) is 24.0 Å². The first-order valence-electron chi connectivity index (χ1n) is 22.5. The summed E-state index contributed by atoms with van der Waals surface area (Å²) in [5, 5.41) is 10.00. The molecule has 2 aliphatic rings. The molecule has 0 bridgehead atoms. The fourth-order valence-electron chi connectivity index (χ4n) is 8.59. The van der Waals surface area contributed by atoms with Gasteiger partial charge in [0, 0.05) is 29.6 Å². The molecule has 3 amide bonds. The molecule has 0 aliphatic carbocycles. The molecule has 342 valence electrons. The molecule has 13 nitrogen and oxygen atoms in total. The Morgan fingerprint density at radius 2 is 1.23 bits per heavy atom. The third-order valence-electron chi connectivity index (χ3n) is 11.6. The predicted molar refractivity (Wildman–Crippen MR) is 252 cm³/mol. The summed E-state index contributed by atoms with van der Waals surface area (Å²) < 4.78 is 16.9. The average Bonchev–Trinajstić information content (AvgIpc) is 4.14. The monoisotopic (exact) mass is 908 g/mol. The SMILES string of the molecule is CC(C)(C)OC(=O)C[C@@H](C(=O)N1CCC[C@H]1c1nc(-c2ccc(-c3ccc(-c4noc([C@@H]5CCCN5C(=O)[C@H](NC(=O)OC(C)(C)C)c5ccccc5)n4)cc3)cc2)cs1)c1ccccc1. The van der Waals surface area contributed by atoms with Crippen LogP contribution in [-0.2, 0) is 23.9 Å². The average molecular weight is 909 g/mol. The lowest BCUT2D eigenvalue weighted by atomic mass is 9.93. The maximum absolute atomic E-state index is 14.2. The van der Waals surface area contributed by atoms with Crippen molar-refractivity contribution in [1.82, 2.24) is 30.2 Å². The number of nitrogens with zero attached hydrogens (tertiary/aromatic N) is 5. The van der Waals surface area contributed by atoms with Gasteiger partial charge in [-0.25, -0.2) is 9.78 Å². The van der Waals surface area contributed by atoms with E-state index in [0.29, 0.717) is 36.8 Å². The maximum atomic E-state index is 14.2. The van der Waals surface area contributed by atoms with Gasteiger partial charge in [0.05, 0.1) is 24.1 Å². The highest BCUT2D eigenvalue weighted by Crippen LogP contribution is 2.39. The zero-order valence-electron chi connectivity index (χ0n) is 38.2. The molecule has 0 saturated carbocycles. The van der Waals surface area contributed by atoms with Crippen molar-refractivity contribution in [2.24, 2.45) is 0 Å². The highest BCUT2D eigenvalue weighted by atomic mass is 32.1. The summed E-state index contributed by atoms with van der Waals surface area (Å²) in [5.41, 5.74) is 4.67. The first-order chi connectivity index (χ1) is 31.6. The molecule has 2 aliphatic heterocycles. The Morgan fingerprint density at radius 3 is 1.83 bits per heavy atom. The number of ether oxygens (including phenoxy) is 2. The van der Waals surface area contributed by atoms with Crippen LogP contribution in [0.4, 0.5) is 4.79 Å². The Labute approximate surface area is 389 Å². The van der Waals surface area contributed by atoms with Crippen molar-refractivity contribution >= 4 is 35.2 Å². The second-order valence-electron chi connectivity index (χ2n) is 18.8. The molecule has 1 N–H and O–H groups in total. The van der Waals surface area contributed by atoms with Gasteiger partial charge in [-0.05, 0) is 89.5 Å². The van der Waals surface area contributed by atoms with E-state index < -0.39 is 41.3 Å². The van der Waals surface area contributed by atoms with Crippen molar-refractivity contribution < 1.29 is 33.2 Å². The molecule has 2 fully saturated rings. The Balaban J connectivity index is 0.922. The van der Waals surface area contributed by atoms with E-state index in [1.54, 1.807) is 49.1 Å². The number of esters is 1. The van der Waals surface area contributed by atoms with Gasteiger partial charge < -0.3 is 29.1 Å². The van der Waals surface area contributed by atoms with Crippen molar-refractivity contribution in [3.8, 4) is 33.8 Å². The minimum atomic E-state index is -0.956. The van der Waals surface area contributed by atoms with Gasteiger partial charge in [-0.15, -0.1) is 11.3 Å². The van der Waals surface area contributed by atoms with Gasteiger partial charge in [0.25, 0.3) is 5.91 Å². The van der Waals surface area contributed by atoms with E-state index in [9.17, 15) is 19.2 Å². The summed E-state index contributed by atoms with van der Waals surface area (Å²) in [5.74, 6) is -0.658. The molecule has 0 spiro atoms. The van der Waals surface area contributed by atoms with E-state index in [-0.39, 0.29) is 24.3 Å². The fraction of sp³-hybridized carbons (Fsp3) is 0.365. The Kier molecular flexibility index (Phi) is 13.5. The second kappa shape index (κ2) is 19.4. The summed E-state index contributed by atoms with van der Waals surface area (Å²) in [6, 6.07) is 33.2. The number of amides is 3. The molecule has 14 heteroatoms. The summed E-state index contributed by atoms with van der Waals surface area (Å²) in [4.78, 5) is 67.6. The Hall–Kier alpha value is -6.67. The molecule has 6 aromatic rings. The number of rotatable bonds is 12. The number of carbonyl (C=O) groups is 4. The molecule has 2 saturated heterocycles. The van der Waals surface area contributed by atoms with Crippen molar-refractivity contribution in [3.63, 3.8) is 0 Å². The van der Waals surface area contributed by atoms with Crippen molar-refractivity contribution in [3.05, 3.63) is 137 Å². The lowest BCUT2D eigenvalue weighted by Gasteiger charge is -2.29. The Bertz CT molecular complexity index is 2450. The lowest BCUT2D eigenvalue weighted by Crippen LogP contribution is -2.44. The van der Waals surface area contributed by atoms with Crippen LogP contribution in [0.5, 0.6) is 0 Å². The molecular formula is C52H56N6O7S. The number of hydrogen-bond acceptors (Lipinski definition) is 11. The summed E-state index contributed by atoms with van der Waals surface area (Å²) in [6.45, 7) is 11.9. The lowest BCUT2D eigenvalue weighted by molar-refractivity contribution is -0.157. The number of likely N-dealkylation sites (tertiary alicyclic amines) is 2. The number of benzene rings is 4. The van der Waals surface area contributed by atoms with Gasteiger partial charge in [-0.3, -0.25) is 14.4 Å². The van der Waals surface area contributed by atoms with Crippen LogP contribution in [0.2, 0.25) is 0 Å². The standard InChI is InChI=1S/C52H56N6O7S/c1-51(2,3)63-43(59)31-39(35-15-9-7-10-16-35)48(60)58-30-14-20-42(58)47-53-40(32-66-47)36-25-21-33(22-26-36)34-23-27-38(28-24-34)45-55-46(65-56-45)41-19-13-29-57(41)49(61)44(37-17-11-8-12-18-37)54-50(62)64-52(4,5)6/h7-12,15-18,21-28,32,39,41-42,44H,13-14,19-20,29-31H2,1-6H3,(H,54,62)/t39-,41+,42+,44-/m1/s1. The summed E-state index contributed by atoms with van der Waals surface area (Å²) in [7, 11) is 0. The summed E-state index contributed by atoms with van der Waals surface area (Å²) in [6.07, 6.45) is 2.33. The van der Waals surface area contributed by atoms with Gasteiger partial charge in [0.2, 0.25) is 17.6 Å². The largest absolute Gasteiger partial charge is 0.460 e. The van der Waals surface area contributed by atoms with Crippen LogP contribution >= 0.6 is 11.3 Å². The summed E-state index contributed by atoms with van der Waals surface area (Å²) >= 11 is 1.55. The molecule has 66 heavy (non-hydrogen) atoms. The maximum Gasteiger partial charge on any atom is 0.408 e. The molecule has 2 aromatic heterocycles. The van der Waals surface area contributed by atoms with Crippen LogP contribution < -0.4 is 5.32 Å². The van der Waals surface area contributed by atoms with Crippen LogP contribution in [0, 0.1) is 0 Å². The number of hydrogen-bond donors (Lipinski definition) is 1. The molecule has 4 aromatic carbocycles. The number of aromatic nitrogens is 3. The first kappa shape index (κ1) is 45.9. The van der Waals surface area contributed by atoms with Crippen LogP contribution in [0.1, 0.15) is 120 Å². The van der Waals surface area contributed by atoms with Crippen molar-refractivity contribution in [2.75, 3.05) is 13.1 Å². The van der Waals surface area contributed by atoms with Crippen LogP contribution in [0.15, 0.2) is 119 Å².